The summed E-state index contributed by atoms with van der Waals surface area (Å²) >= 11 is 0. The second kappa shape index (κ2) is 4.42. The van der Waals surface area contributed by atoms with Gasteiger partial charge in [0, 0.05) is 6.20 Å². The molecule has 0 unspecified atom stereocenters. The van der Waals surface area contributed by atoms with Crippen LogP contribution in [-0.4, -0.2) is 34.4 Å². The summed E-state index contributed by atoms with van der Waals surface area (Å²) in [5.41, 5.74) is -0.143. The maximum atomic E-state index is 10.6. The molecule has 0 aliphatic heterocycles. The van der Waals surface area contributed by atoms with Gasteiger partial charge in [-0.15, -0.1) is 0 Å². The Labute approximate surface area is 74.6 Å². The lowest BCUT2D eigenvalue weighted by atomic mass is 10.3. The quantitative estimate of drug-likeness (QED) is 0.694. The number of ether oxygens (including phenoxy) is 1. The number of aliphatic hydroxyl groups excluding tert-OH is 1. The van der Waals surface area contributed by atoms with Gasteiger partial charge in [0.05, 0.1) is 6.61 Å². The van der Waals surface area contributed by atoms with Crippen molar-refractivity contribution in [2.75, 3.05) is 13.2 Å². The Balaban J connectivity index is 2.84. The molecule has 0 fully saturated rings. The number of carboxylic acids is 1. The third-order valence-corrected chi connectivity index (χ3v) is 1.32. The smallest absolute Gasteiger partial charge is 0.358 e. The third kappa shape index (κ3) is 2.41. The van der Waals surface area contributed by atoms with Gasteiger partial charge in [-0.25, -0.2) is 9.78 Å². The molecule has 5 nitrogen and oxygen atoms in total. The molecule has 2 N–H and O–H groups in total. The average Bonchev–Trinajstić information content (AvgIpc) is 2.15. The summed E-state index contributed by atoms with van der Waals surface area (Å²) in [7, 11) is 0. The van der Waals surface area contributed by atoms with Crippen LogP contribution in [0.5, 0.6) is 5.75 Å². The highest BCUT2D eigenvalue weighted by Gasteiger charge is 2.11. The van der Waals surface area contributed by atoms with Crippen LogP contribution in [0.1, 0.15) is 10.5 Å². The summed E-state index contributed by atoms with van der Waals surface area (Å²) in [5.74, 6) is -0.974. The average molecular weight is 183 g/mol. The van der Waals surface area contributed by atoms with Crippen molar-refractivity contribution in [1.29, 1.82) is 0 Å². The number of rotatable bonds is 4. The highest BCUT2D eigenvalue weighted by molar-refractivity contribution is 5.88. The van der Waals surface area contributed by atoms with Crippen LogP contribution in [-0.2, 0) is 0 Å². The fourth-order valence-electron chi connectivity index (χ4n) is 0.823. The van der Waals surface area contributed by atoms with Crippen LogP contribution < -0.4 is 4.74 Å². The molecule has 70 valence electrons. The van der Waals surface area contributed by atoms with E-state index in [1.807, 2.05) is 0 Å². The highest BCUT2D eigenvalue weighted by Crippen LogP contribution is 2.14. The fraction of sp³-hybridized carbons (Fsp3) is 0.250. The molecule has 1 aromatic heterocycles. The monoisotopic (exact) mass is 183 g/mol. The van der Waals surface area contributed by atoms with E-state index in [1.54, 1.807) is 6.07 Å². The van der Waals surface area contributed by atoms with Crippen molar-refractivity contribution < 1.29 is 19.7 Å². The zero-order valence-electron chi connectivity index (χ0n) is 6.80. The molecule has 0 atom stereocenters. The van der Waals surface area contributed by atoms with Gasteiger partial charge in [0.15, 0.2) is 11.4 Å². The molecular weight excluding hydrogens is 174 g/mol. The molecule has 1 heterocycles. The van der Waals surface area contributed by atoms with E-state index in [0.717, 1.165) is 0 Å². The van der Waals surface area contributed by atoms with E-state index < -0.39 is 5.97 Å². The molecule has 0 aromatic carbocycles. The molecule has 0 aliphatic carbocycles. The Morgan fingerprint density at radius 2 is 2.38 bits per heavy atom. The van der Waals surface area contributed by atoms with Gasteiger partial charge < -0.3 is 14.9 Å². The Morgan fingerprint density at radius 3 is 3.00 bits per heavy atom. The lowest BCUT2D eigenvalue weighted by Gasteiger charge is -2.05. The van der Waals surface area contributed by atoms with Gasteiger partial charge in [0.25, 0.3) is 0 Å². The number of aliphatic hydroxyl groups is 1. The maximum Gasteiger partial charge on any atom is 0.358 e. The number of nitrogens with zero attached hydrogens (tertiary/aromatic N) is 1. The third-order valence-electron chi connectivity index (χ3n) is 1.32. The summed E-state index contributed by atoms with van der Waals surface area (Å²) in [6.07, 6.45) is 1.37. The van der Waals surface area contributed by atoms with Gasteiger partial charge in [-0.05, 0) is 12.1 Å². The van der Waals surface area contributed by atoms with Crippen molar-refractivity contribution in [3.63, 3.8) is 0 Å². The molecule has 0 radical (unpaired) electrons. The maximum absolute atomic E-state index is 10.6. The number of pyridine rings is 1. The largest absolute Gasteiger partial charge is 0.489 e. The SMILES string of the molecule is O=C(O)c1ncccc1OCCO. The van der Waals surface area contributed by atoms with Crippen LogP contribution in [0, 0.1) is 0 Å². The number of aromatic nitrogens is 1. The highest BCUT2D eigenvalue weighted by atomic mass is 16.5. The number of carboxylic acid groups (broad SMARTS) is 1. The first-order chi connectivity index (χ1) is 6.25. The van der Waals surface area contributed by atoms with E-state index in [0.29, 0.717) is 0 Å². The van der Waals surface area contributed by atoms with Crippen molar-refractivity contribution in [2.45, 2.75) is 0 Å². The summed E-state index contributed by atoms with van der Waals surface area (Å²) in [6, 6.07) is 3.06. The molecule has 0 saturated heterocycles. The Bertz CT molecular complexity index is 300. The zero-order chi connectivity index (χ0) is 9.68. The van der Waals surface area contributed by atoms with E-state index in [2.05, 4.69) is 4.98 Å². The molecule has 0 saturated carbocycles. The van der Waals surface area contributed by atoms with E-state index in [9.17, 15) is 4.79 Å². The van der Waals surface area contributed by atoms with Crippen LogP contribution >= 0.6 is 0 Å². The minimum Gasteiger partial charge on any atom is -0.489 e. The fourth-order valence-corrected chi connectivity index (χ4v) is 0.823. The number of hydrogen-bond acceptors (Lipinski definition) is 4. The van der Waals surface area contributed by atoms with Gasteiger partial charge in [0.2, 0.25) is 0 Å². The first-order valence-corrected chi connectivity index (χ1v) is 3.67. The zero-order valence-corrected chi connectivity index (χ0v) is 6.80. The molecule has 0 amide bonds. The topological polar surface area (TPSA) is 79.7 Å². The normalized spacial score (nSPS) is 9.62. The summed E-state index contributed by atoms with van der Waals surface area (Å²) in [5, 5.41) is 17.1. The van der Waals surface area contributed by atoms with Gasteiger partial charge in [-0.1, -0.05) is 0 Å². The van der Waals surface area contributed by atoms with Crippen molar-refractivity contribution in [3.8, 4) is 5.75 Å². The first-order valence-electron chi connectivity index (χ1n) is 3.67. The number of carbonyl (C=O) groups is 1. The van der Waals surface area contributed by atoms with Crippen molar-refractivity contribution >= 4 is 5.97 Å². The summed E-state index contributed by atoms with van der Waals surface area (Å²) in [4.78, 5) is 14.2. The van der Waals surface area contributed by atoms with Gasteiger partial charge >= 0.3 is 5.97 Å². The van der Waals surface area contributed by atoms with E-state index in [1.165, 1.54) is 12.3 Å². The van der Waals surface area contributed by atoms with E-state index in [4.69, 9.17) is 14.9 Å². The van der Waals surface area contributed by atoms with E-state index in [-0.39, 0.29) is 24.7 Å². The molecule has 1 rings (SSSR count). The van der Waals surface area contributed by atoms with Crippen LogP contribution in [0.4, 0.5) is 0 Å². The van der Waals surface area contributed by atoms with Gasteiger partial charge in [-0.2, -0.15) is 0 Å². The van der Waals surface area contributed by atoms with Crippen LogP contribution in [0.2, 0.25) is 0 Å². The Hall–Kier alpha value is -1.62. The predicted molar refractivity (Wildman–Crippen MR) is 43.8 cm³/mol. The second-order valence-corrected chi connectivity index (χ2v) is 2.23. The molecule has 0 bridgehead atoms. The minimum atomic E-state index is -1.14. The predicted octanol–water partition coefficient (Wildman–Crippen LogP) is 0.151. The lowest BCUT2D eigenvalue weighted by molar-refractivity contribution is 0.0683. The molecule has 0 spiro atoms. The van der Waals surface area contributed by atoms with Crippen LogP contribution in [0.15, 0.2) is 18.3 Å². The van der Waals surface area contributed by atoms with E-state index >= 15 is 0 Å². The van der Waals surface area contributed by atoms with Crippen LogP contribution in [0.25, 0.3) is 0 Å². The molecular formula is C8H9NO4. The minimum absolute atomic E-state index is 0.0615. The van der Waals surface area contributed by atoms with Crippen molar-refractivity contribution in [2.24, 2.45) is 0 Å². The van der Waals surface area contributed by atoms with Crippen molar-refractivity contribution in [3.05, 3.63) is 24.0 Å². The van der Waals surface area contributed by atoms with Gasteiger partial charge in [-0.3, -0.25) is 0 Å². The lowest BCUT2D eigenvalue weighted by Crippen LogP contribution is -2.08. The first kappa shape index (κ1) is 9.47. The molecule has 0 aliphatic rings. The molecule has 13 heavy (non-hydrogen) atoms. The Kier molecular flexibility index (Phi) is 3.22. The number of aromatic carboxylic acids is 1. The molecule has 1 aromatic rings. The van der Waals surface area contributed by atoms with Crippen LogP contribution in [0.3, 0.4) is 0 Å². The van der Waals surface area contributed by atoms with Gasteiger partial charge in [0.1, 0.15) is 6.61 Å². The molecule has 5 heteroatoms. The number of hydrogen-bond donors (Lipinski definition) is 2. The van der Waals surface area contributed by atoms with Crippen molar-refractivity contribution in [1.82, 2.24) is 4.98 Å². The summed E-state index contributed by atoms with van der Waals surface area (Å²) in [6.45, 7) is -0.0973. The standard InChI is InChI=1S/C8H9NO4/c10-4-5-13-6-2-1-3-9-7(6)8(11)12/h1-3,10H,4-5H2,(H,11,12). The Morgan fingerprint density at radius 1 is 1.62 bits per heavy atom. The summed E-state index contributed by atoms with van der Waals surface area (Å²) < 4.78 is 4.95. The second-order valence-electron chi connectivity index (χ2n) is 2.23.